The number of guanidine groups is 1. The van der Waals surface area contributed by atoms with Gasteiger partial charge in [0.2, 0.25) is 0 Å². The molecule has 2 saturated heterocycles. The highest BCUT2D eigenvalue weighted by Gasteiger charge is 2.22. The van der Waals surface area contributed by atoms with Gasteiger partial charge in [-0.05, 0) is 45.7 Å². The van der Waals surface area contributed by atoms with Crippen molar-refractivity contribution < 1.29 is 9.47 Å². The van der Waals surface area contributed by atoms with E-state index in [1.165, 1.54) is 19.4 Å². The maximum absolute atomic E-state index is 5.78. The van der Waals surface area contributed by atoms with Crippen LogP contribution in [0.1, 0.15) is 39.5 Å². The first kappa shape index (κ1) is 18.5. The number of rotatable bonds is 9. The van der Waals surface area contributed by atoms with Crippen LogP contribution >= 0.6 is 0 Å². The van der Waals surface area contributed by atoms with Gasteiger partial charge in [-0.1, -0.05) is 6.92 Å². The van der Waals surface area contributed by atoms with Crippen LogP contribution in [-0.4, -0.2) is 75.5 Å². The van der Waals surface area contributed by atoms with E-state index in [1.54, 1.807) is 0 Å². The molecule has 0 spiro atoms. The van der Waals surface area contributed by atoms with Crippen molar-refractivity contribution in [2.24, 2.45) is 4.99 Å². The number of hydrogen-bond donors (Lipinski definition) is 2. The van der Waals surface area contributed by atoms with E-state index >= 15 is 0 Å². The van der Waals surface area contributed by atoms with Gasteiger partial charge in [0.15, 0.2) is 5.96 Å². The molecule has 0 aromatic heterocycles. The smallest absolute Gasteiger partial charge is 0.191 e. The topological polar surface area (TPSA) is 58.1 Å². The molecule has 134 valence electrons. The second kappa shape index (κ2) is 10.8. The molecule has 6 nitrogen and oxygen atoms in total. The first-order valence-electron chi connectivity index (χ1n) is 9.29. The number of nitrogens with zero attached hydrogens (tertiary/aromatic N) is 2. The predicted octanol–water partition coefficient (Wildman–Crippen LogP) is 1.22. The average molecular weight is 326 g/mol. The van der Waals surface area contributed by atoms with E-state index in [0.29, 0.717) is 12.1 Å². The molecular formula is C17H34N4O2. The molecule has 2 N–H and O–H groups in total. The average Bonchev–Trinajstić information content (AvgIpc) is 3.23. The fourth-order valence-electron chi connectivity index (χ4n) is 3.23. The maximum Gasteiger partial charge on any atom is 0.191 e. The number of hydrogen-bond acceptors (Lipinski definition) is 4. The molecule has 2 atom stereocenters. The van der Waals surface area contributed by atoms with E-state index in [1.807, 2.05) is 0 Å². The summed E-state index contributed by atoms with van der Waals surface area (Å²) in [6.45, 7) is 11.8. The molecule has 23 heavy (non-hydrogen) atoms. The highest BCUT2D eigenvalue weighted by Crippen LogP contribution is 2.16. The van der Waals surface area contributed by atoms with Gasteiger partial charge >= 0.3 is 0 Å². The van der Waals surface area contributed by atoms with Gasteiger partial charge in [-0.3, -0.25) is 9.89 Å². The third kappa shape index (κ3) is 6.65. The lowest BCUT2D eigenvalue weighted by Gasteiger charge is -2.21. The summed E-state index contributed by atoms with van der Waals surface area (Å²) in [5, 5.41) is 6.74. The Morgan fingerprint density at radius 1 is 1.30 bits per heavy atom. The normalized spacial score (nSPS) is 25.9. The Kier molecular flexibility index (Phi) is 8.71. The molecule has 2 aliphatic heterocycles. The zero-order valence-corrected chi connectivity index (χ0v) is 14.9. The van der Waals surface area contributed by atoms with Gasteiger partial charge in [0.1, 0.15) is 0 Å². The fraction of sp³-hybridized carbons (Fsp3) is 0.941. The first-order valence-corrected chi connectivity index (χ1v) is 9.29. The SMILES string of the molecule is CCNC(=NCC1CCCN1CC)NCCCOC1CCOC1. The minimum absolute atomic E-state index is 0.305. The standard InChI is InChI=1S/C17H34N4O2/c1-3-18-17(20-13-15-7-5-10-21(15)4-2)19-9-6-11-23-16-8-12-22-14-16/h15-16H,3-14H2,1-2H3,(H2,18,19,20). The summed E-state index contributed by atoms with van der Waals surface area (Å²) in [4.78, 5) is 7.29. The van der Waals surface area contributed by atoms with Crippen LogP contribution in [0.4, 0.5) is 0 Å². The molecule has 0 aromatic rings. The highest BCUT2D eigenvalue weighted by atomic mass is 16.5. The van der Waals surface area contributed by atoms with Crippen molar-refractivity contribution in [1.29, 1.82) is 0 Å². The Morgan fingerprint density at radius 3 is 2.96 bits per heavy atom. The molecule has 6 heteroatoms. The zero-order chi connectivity index (χ0) is 16.3. The number of aliphatic imine (C=N–C) groups is 1. The van der Waals surface area contributed by atoms with Crippen LogP contribution in [-0.2, 0) is 9.47 Å². The summed E-state index contributed by atoms with van der Waals surface area (Å²) >= 11 is 0. The van der Waals surface area contributed by atoms with Gasteiger partial charge in [-0.15, -0.1) is 0 Å². The monoisotopic (exact) mass is 326 g/mol. The van der Waals surface area contributed by atoms with Crippen LogP contribution < -0.4 is 10.6 Å². The van der Waals surface area contributed by atoms with Crippen molar-refractivity contribution in [3.8, 4) is 0 Å². The minimum atomic E-state index is 0.305. The second-order valence-electron chi connectivity index (χ2n) is 6.28. The summed E-state index contributed by atoms with van der Waals surface area (Å²) < 4.78 is 11.1. The molecule has 0 amide bonds. The van der Waals surface area contributed by atoms with E-state index in [2.05, 4.69) is 29.4 Å². The number of nitrogens with one attached hydrogen (secondary N) is 2. The molecule has 0 saturated carbocycles. The molecule has 2 unspecified atom stereocenters. The van der Waals surface area contributed by atoms with Crippen LogP contribution in [0.5, 0.6) is 0 Å². The van der Waals surface area contributed by atoms with E-state index in [4.69, 9.17) is 14.5 Å². The van der Waals surface area contributed by atoms with Gasteiger partial charge in [0, 0.05) is 32.3 Å². The second-order valence-corrected chi connectivity index (χ2v) is 6.28. The van der Waals surface area contributed by atoms with E-state index in [9.17, 15) is 0 Å². The summed E-state index contributed by atoms with van der Waals surface area (Å²) in [6, 6.07) is 0.612. The maximum atomic E-state index is 5.78. The molecule has 0 bridgehead atoms. The molecule has 2 aliphatic rings. The fourth-order valence-corrected chi connectivity index (χ4v) is 3.23. The van der Waals surface area contributed by atoms with Crippen molar-refractivity contribution in [2.45, 2.75) is 51.7 Å². The number of likely N-dealkylation sites (N-methyl/N-ethyl adjacent to an activating group) is 1. The van der Waals surface area contributed by atoms with Crippen molar-refractivity contribution in [3.05, 3.63) is 0 Å². The Balaban J connectivity index is 1.62. The number of likely N-dealkylation sites (tertiary alicyclic amines) is 1. The number of ether oxygens (including phenoxy) is 2. The van der Waals surface area contributed by atoms with E-state index in [-0.39, 0.29) is 0 Å². The molecule has 0 aromatic carbocycles. The Labute approximate surface area is 141 Å². The van der Waals surface area contributed by atoms with Gasteiger partial charge in [-0.2, -0.15) is 0 Å². The molecule has 2 fully saturated rings. The summed E-state index contributed by atoms with van der Waals surface area (Å²) in [5.41, 5.74) is 0. The summed E-state index contributed by atoms with van der Waals surface area (Å²) in [7, 11) is 0. The first-order chi connectivity index (χ1) is 11.3. The predicted molar refractivity (Wildman–Crippen MR) is 94.0 cm³/mol. The van der Waals surface area contributed by atoms with Crippen LogP contribution in [0, 0.1) is 0 Å². The quantitative estimate of drug-likeness (QED) is 0.379. The molecule has 0 radical (unpaired) electrons. The molecule has 2 rings (SSSR count). The minimum Gasteiger partial charge on any atom is -0.379 e. The third-order valence-electron chi connectivity index (χ3n) is 4.56. The zero-order valence-electron chi connectivity index (χ0n) is 14.9. The van der Waals surface area contributed by atoms with Crippen molar-refractivity contribution in [1.82, 2.24) is 15.5 Å². The molecule has 2 heterocycles. The molecular weight excluding hydrogens is 292 g/mol. The van der Waals surface area contributed by atoms with E-state index in [0.717, 1.165) is 64.8 Å². The van der Waals surface area contributed by atoms with Gasteiger partial charge < -0.3 is 20.1 Å². The van der Waals surface area contributed by atoms with Gasteiger partial charge in [0.05, 0.1) is 19.3 Å². The van der Waals surface area contributed by atoms with E-state index < -0.39 is 0 Å². The van der Waals surface area contributed by atoms with Crippen molar-refractivity contribution >= 4 is 5.96 Å². The van der Waals surface area contributed by atoms with Crippen LogP contribution in [0.3, 0.4) is 0 Å². The Hall–Kier alpha value is -0.850. The van der Waals surface area contributed by atoms with Crippen molar-refractivity contribution in [3.63, 3.8) is 0 Å². The van der Waals surface area contributed by atoms with Crippen LogP contribution in [0.25, 0.3) is 0 Å². The lowest BCUT2D eigenvalue weighted by atomic mass is 10.2. The van der Waals surface area contributed by atoms with Crippen molar-refractivity contribution in [2.75, 3.05) is 52.5 Å². The van der Waals surface area contributed by atoms with Gasteiger partial charge in [-0.25, -0.2) is 0 Å². The summed E-state index contributed by atoms with van der Waals surface area (Å²) in [6.07, 6.45) is 4.91. The summed E-state index contributed by atoms with van der Waals surface area (Å²) in [5.74, 6) is 0.930. The van der Waals surface area contributed by atoms with Gasteiger partial charge in [0.25, 0.3) is 0 Å². The lowest BCUT2D eigenvalue weighted by molar-refractivity contribution is 0.0420. The van der Waals surface area contributed by atoms with Crippen LogP contribution in [0.15, 0.2) is 4.99 Å². The Bertz CT molecular complexity index is 345. The molecule has 0 aliphatic carbocycles. The highest BCUT2D eigenvalue weighted by molar-refractivity contribution is 5.79. The third-order valence-corrected chi connectivity index (χ3v) is 4.56. The lowest BCUT2D eigenvalue weighted by Crippen LogP contribution is -2.39. The Morgan fingerprint density at radius 2 is 2.22 bits per heavy atom. The van der Waals surface area contributed by atoms with Crippen LogP contribution in [0.2, 0.25) is 0 Å². The largest absolute Gasteiger partial charge is 0.379 e.